The Morgan fingerprint density at radius 3 is 1.95 bits per heavy atom. The van der Waals surface area contributed by atoms with Gasteiger partial charge >= 0.3 is 23.9 Å². The molecule has 38 heavy (non-hydrogen) atoms. The molecule has 0 aliphatic heterocycles. The van der Waals surface area contributed by atoms with Crippen molar-refractivity contribution in [2.45, 2.75) is 111 Å². The number of hydrogen-bond acceptors (Lipinski definition) is 9. The van der Waals surface area contributed by atoms with Crippen molar-refractivity contribution in [2.24, 2.45) is 11.7 Å². The summed E-state index contributed by atoms with van der Waals surface area (Å²) in [4.78, 5) is 49.0. The minimum absolute atomic E-state index is 0.102. The smallest absolute Gasteiger partial charge is 0.323 e. The quantitative estimate of drug-likeness (QED) is 0.156. The topological polar surface area (TPSA) is 131 Å². The summed E-state index contributed by atoms with van der Waals surface area (Å²) in [6, 6.07) is 3.75. The molecule has 1 unspecified atom stereocenters. The first-order valence-electron chi connectivity index (χ1n) is 13.8. The number of ether oxygens (including phenoxy) is 4. The summed E-state index contributed by atoms with van der Waals surface area (Å²) >= 11 is 0. The van der Waals surface area contributed by atoms with Gasteiger partial charge in [-0.3, -0.25) is 19.2 Å². The zero-order valence-electron chi connectivity index (χ0n) is 23.6. The SMILES string of the molecule is CCCCCC(=O)Oc1ccc(C[C@H](N)C(=O)OC[C@H](C)OC(=O)C(C)CC)cc1OC(=O)CCCCC. The van der Waals surface area contributed by atoms with Crippen molar-refractivity contribution in [2.75, 3.05) is 6.61 Å². The summed E-state index contributed by atoms with van der Waals surface area (Å²) in [5, 5.41) is 0. The highest BCUT2D eigenvalue weighted by molar-refractivity contribution is 5.77. The largest absolute Gasteiger partial charge is 0.461 e. The number of nitrogens with two attached hydrogens (primary N) is 1. The first kappa shape index (κ1) is 33.1. The van der Waals surface area contributed by atoms with Crippen molar-refractivity contribution in [1.29, 1.82) is 0 Å². The van der Waals surface area contributed by atoms with Gasteiger partial charge in [-0.25, -0.2) is 0 Å². The van der Waals surface area contributed by atoms with Crippen LogP contribution < -0.4 is 15.2 Å². The van der Waals surface area contributed by atoms with E-state index in [2.05, 4.69) is 0 Å². The average molecular weight is 536 g/mol. The van der Waals surface area contributed by atoms with E-state index in [1.165, 1.54) is 6.07 Å². The van der Waals surface area contributed by atoms with Crippen LogP contribution in [0.1, 0.15) is 98.0 Å². The molecule has 9 nitrogen and oxygen atoms in total. The molecule has 3 atom stereocenters. The summed E-state index contributed by atoms with van der Waals surface area (Å²) in [6.07, 6.45) is 5.85. The third kappa shape index (κ3) is 13.0. The number of carbonyl (C=O) groups is 4. The Morgan fingerprint density at radius 2 is 1.39 bits per heavy atom. The van der Waals surface area contributed by atoms with E-state index in [0.717, 1.165) is 25.7 Å². The monoisotopic (exact) mass is 535 g/mol. The summed E-state index contributed by atoms with van der Waals surface area (Å²) < 4.78 is 21.5. The van der Waals surface area contributed by atoms with E-state index in [4.69, 9.17) is 24.7 Å². The van der Waals surface area contributed by atoms with Gasteiger partial charge in [0.2, 0.25) is 0 Å². The lowest BCUT2D eigenvalue weighted by atomic mass is 10.1. The van der Waals surface area contributed by atoms with Crippen molar-refractivity contribution in [3.05, 3.63) is 23.8 Å². The zero-order valence-corrected chi connectivity index (χ0v) is 23.6. The van der Waals surface area contributed by atoms with Crippen LogP contribution in [0, 0.1) is 5.92 Å². The van der Waals surface area contributed by atoms with Crippen molar-refractivity contribution in [3.63, 3.8) is 0 Å². The van der Waals surface area contributed by atoms with E-state index in [-0.39, 0.29) is 49.3 Å². The second kappa shape index (κ2) is 18.3. The summed E-state index contributed by atoms with van der Waals surface area (Å²) in [7, 11) is 0. The fourth-order valence-corrected chi connectivity index (χ4v) is 3.39. The molecular weight excluding hydrogens is 490 g/mol. The number of hydrogen-bond donors (Lipinski definition) is 1. The number of carbonyl (C=O) groups excluding carboxylic acids is 4. The molecule has 1 aromatic carbocycles. The highest BCUT2D eigenvalue weighted by Gasteiger charge is 2.21. The molecule has 0 aromatic heterocycles. The van der Waals surface area contributed by atoms with Crippen LogP contribution in [-0.4, -0.2) is 42.6 Å². The molecule has 0 heterocycles. The number of benzene rings is 1. The van der Waals surface area contributed by atoms with Crippen molar-refractivity contribution >= 4 is 23.9 Å². The van der Waals surface area contributed by atoms with Crippen molar-refractivity contribution < 1.29 is 38.1 Å². The van der Waals surface area contributed by atoms with Gasteiger partial charge in [-0.05, 0) is 50.3 Å². The Kier molecular flexibility index (Phi) is 16.0. The van der Waals surface area contributed by atoms with Crippen LogP contribution in [0.15, 0.2) is 18.2 Å². The summed E-state index contributed by atoms with van der Waals surface area (Å²) in [6.45, 7) is 9.28. The molecule has 2 N–H and O–H groups in total. The molecule has 0 aliphatic rings. The molecule has 0 saturated carbocycles. The van der Waals surface area contributed by atoms with Gasteiger partial charge in [0.25, 0.3) is 0 Å². The van der Waals surface area contributed by atoms with Gasteiger partial charge in [0.15, 0.2) is 11.5 Å². The molecule has 1 rings (SSSR count). The predicted octanol–water partition coefficient (Wildman–Crippen LogP) is 5.05. The van der Waals surface area contributed by atoms with Crippen LogP contribution in [0.4, 0.5) is 0 Å². The minimum Gasteiger partial charge on any atom is -0.461 e. The Balaban J connectivity index is 2.83. The van der Waals surface area contributed by atoms with Crippen LogP contribution in [0.25, 0.3) is 0 Å². The standard InChI is InChI=1S/C29H45NO8/c1-6-9-11-13-26(31)37-24-16-15-22(18-25(24)38-27(32)14-12-10-7-2)17-23(30)29(34)35-19-21(5)36-28(33)20(4)8-3/h15-16,18,20-21,23H,6-14,17,19,30H2,1-5H3/t20?,21-,23-/m0/s1. The second-order valence-corrected chi connectivity index (χ2v) is 9.64. The molecule has 1 aromatic rings. The summed E-state index contributed by atoms with van der Waals surface area (Å²) in [5.74, 6) is -1.80. The number of esters is 4. The number of rotatable bonds is 18. The molecule has 214 valence electrons. The molecule has 9 heteroatoms. The van der Waals surface area contributed by atoms with E-state index in [1.54, 1.807) is 26.0 Å². The van der Waals surface area contributed by atoms with Gasteiger partial charge in [0, 0.05) is 12.8 Å². The fourth-order valence-electron chi connectivity index (χ4n) is 3.39. The van der Waals surface area contributed by atoms with Crippen LogP contribution >= 0.6 is 0 Å². The number of unbranched alkanes of at least 4 members (excludes halogenated alkanes) is 4. The van der Waals surface area contributed by atoms with Crippen LogP contribution in [0.5, 0.6) is 11.5 Å². The van der Waals surface area contributed by atoms with Gasteiger partial charge in [0.05, 0.1) is 5.92 Å². The van der Waals surface area contributed by atoms with E-state index >= 15 is 0 Å². The molecule has 0 bridgehead atoms. The lowest BCUT2D eigenvalue weighted by molar-refractivity contribution is -0.161. The average Bonchev–Trinajstić information content (AvgIpc) is 2.88. The van der Waals surface area contributed by atoms with Crippen LogP contribution in [0.3, 0.4) is 0 Å². The second-order valence-electron chi connectivity index (χ2n) is 9.64. The van der Waals surface area contributed by atoms with Crippen molar-refractivity contribution in [3.8, 4) is 11.5 Å². The minimum atomic E-state index is -0.997. The predicted molar refractivity (Wildman–Crippen MR) is 144 cm³/mol. The van der Waals surface area contributed by atoms with Gasteiger partial charge in [0.1, 0.15) is 18.8 Å². The Hall–Kier alpha value is -2.94. The first-order valence-corrected chi connectivity index (χ1v) is 13.8. The van der Waals surface area contributed by atoms with E-state index in [0.29, 0.717) is 24.8 Å². The molecule has 0 aliphatic carbocycles. The van der Waals surface area contributed by atoms with Gasteiger partial charge in [-0.1, -0.05) is 59.4 Å². The fraction of sp³-hybridized carbons (Fsp3) is 0.655. The molecule has 0 saturated heterocycles. The Morgan fingerprint density at radius 1 is 0.816 bits per heavy atom. The van der Waals surface area contributed by atoms with Crippen molar-refractivity contribution in [1.82, 2.24) is 0 Å². The van der Waals surface area contributed by atoms with E-state index in [1.807, 2.05) is 20.8 Å². The molecule has 0 radical (unpaired) electrons. The Labute approximate surface area is 226 Å². The van der Waals surface area contributed by atoms with Gasteiger partial charge in [-0.2, -0.15) is 0 Å². The highest BCUT2D eigenvalue weighted by Crippen LogP contribution is 2.30. The third-order valence-corrected chi connectivity index (χ3v) is 5.98. The molecule has 0 spiro atoms. The molecule has 0 fully saturated rings. The lowest BCUT2D eigenvalue weighted by Gasteiger charge is -2.18. The van der Waals surface area contributed by atoms with Gasteiger partial charge < -0.3 is 24.7 Å². The molecule has 0 amide bonds. The maximum atomic E-state index is 12.4. The highest BCUT2D eigenvalue weighted by atomic mass is 16.6. The Bertz CT molecular complexity index is 901. The van der Waals surface area contributed by atoms with Crippen LogP contribution in [-0.2, 0) is 35.1 Å². The lowest BCUT2D eigenvalue weighted by Crippen LogP contribution is -2.36. The summed E-state index contributed by atoms with van der Waals surface area (Å²) in [5.41, 5.74) is 6.65. The van der Waals surface area contributed by atoms with Crippen LogP contribution in [0.2, 0.25) is 0 Å². The van der Waals surface area contributed by atoms with E-state index < -0.39 is 30.1 Å². The first-order chi connectivity index (χ1) is 18.1. The van der Waals surface area contributed by atoms with E-state index in [9.17, 15) is 19.2 Å². The maximum Gasteiger partial charge on any atom is 0.323 e. The maximum absolute atomic E-state index is 12.4. The van der Waals surface area contributed by atoms with Gasteiger partial charge in [-0.15, -0.1) is 0 Å². The zero-order chi connectivity index (χ0) is 28.5. The third-order valence-electron chi connectivity index (χ3n) is 5.98. The molecular formula is C29H45NO8. The normalized spacial score (nSPS) is 13.2.